The van der Waals surface area contributed by atoms with Gasteiger partial charge in [0.05, 0.1) is 28.8 Å². The number of rotatable bonds is 8. The summed E-state index contributed by atoms with van der Waals surface area (Å²) in [4.78, 5) is 18.5. The Morgan fingerprint density at radius 1 is 1.14 bits per heavy atom. The largest absolute Gasteiger partial charge is 0.497 e. The fraction of sp³-hybridized carbons (Fsp3) is 0.440. The molecule has 1 amide bonds. The smallest absolute Gasteiger partial charge is 0.251 e. The highest BCUT2D eigenvalue weighted by atomic mass is 32.2. The molecular weight excluding hydrogens is 486 g/mol. The summed E-state index contributed by atoms with van der Waals surface area (Å²) in [6, 6.07) is 12.6. The quantitative estimate of drug-likeness (QED) is 0.426. The number of hydrogen-bond donors (Lipinski definition) is 0. The van der Waals surface area contributed by atoms with E-state index < -0.39 is 10.0 Å². The Bertz CT molecular complexity index is 1350. The van der Waals surface area contributed by atoms with Crippen LogP contribution >= 0.6 is 11.3 Å². The highest BCUT2D eigenvalue weighted by Gasteiger charge is 2.32. The maximum absolute atomic E-state index is 13.1. The Hall–Kier alpha value is -2.53. The van der Waals surface area contributed by atoms with Gasteiger partial charge in [0.1, 0.15) is 5.75 Å². The molecule has 1 fully saturated rings. The van der Waals surface area contributed by atoms with Crippen molar-refractivity contribution in [3.05, 3.63) is 52.8 Å². The molecule has 0 aliphatic carbocycles. The third-order valence-corrected chi connectivity index (χ3v) is 9.16. The number of carbonyl (C=O) groups is 1. The highest BCUT2D eigenvalue weighted by molar-refractivity contribution is 7.89. The van der Waals surface area contributed by atoms with Crippen LogP contribution in [0.4, 0.5) is 0 Å². The van der Waals surface area contributed by atoms with E-state index in [1.165, 1.54) is 22.8 Å². The van der Waals surface area contributed by atoms with Gasteiger partial charge in [0.25, 0.3) is 5.91 Å². The van der Waals surface area contributed by atoms with Crippen molar-refractivity contribution in [1.29, 1.82) is 0 Å². The van der Waals surface area contributed by atoms with E-state index in [-0.39, 0.29) is 29.8 Å². The third kappa shape index (κ3) is 5.66. The first-order valence-corrected chi connectivity index (χ1v) is 14.0. The second kappa shape index (κ2) is 11.0. The number of benzene rings is 2. The highest BCUT2D eigenvalue weighted by Crippen LogP contribution is 2.26. The normalized spacial score (nSPS) is 16.1. The number of amides is 1. The fourth-order valence-corrected chi connectivity index (χ4v) is 6.84. The van der Waals surface area contributed by atoms with E-state index in [1.807, 2.05) is 18.4 Å². The molecule has 4 rings (SSSR count). The zero-order valence-corrected chi connectivity index (χ0v) is 21.9. The molecule has 188 valence electrons. The molecule has 1 aliphatic rings. The van der Waals surface area contributed by atoms with Gasteiger partial charge in [-0.15, -0.1) is 0 Å². The lowest BCUT2D eigenvalue weighted by Gasteiger charge is -2.29. The van der Waals surface area contributed by atoms with Gasteiger partial charge in [-0.1, -0.05) is 17.4 Å². The Labute approximate surface area is 209 Å². The Balaban J connectivity index is 1.50. The van der Waals surface area contributed by atoms with Crippen LogP contribution in [0, 0.1) is 12.8 Å². The number of fused-ring (bicyclic) bond motifs is 1. The van der Waals surface area contributed by atoms with E-state index in [0.717, 1.165) is 15.8 Å². The molecule has 2 aromatic carbocycles. The Kier molecular flexibility index (Phi) is 8.05. The number of methoxy groups -OCH3 is 1. The number of hydrogen-bond acceptors (Lipinski definition) is 6. The zero-order valence-electron chi connectivity index (χ0n) is 20.3. The number of piperidine rings is 1. The molecule has 0 bridgehead atoms. The summed E-state index contributed by atoms with van der Waals surface area (Å²) in [5.41, 5.74) is 2.19. The van der Waals surface area contributed by atoms with E-state index >= 15 is 0 Å². The van der Waals surface area contributed by atoms with Crippen molar-refractivity contribution in [1.82, 2.24) is 8.87 Å². The molecule has 2 heterocycles. The lowest BCUT2D eigenvalue weighted by Crippen LogP contribution is -2.40. The number of ether oxygens (including phenoxy) is 2. The van der Waals surface area contributed by atoms with E-state index in [0.29, 0.717) is 43.2 Å². The monoisotopic (exact) mass is 517 g/mol. The van der Waals surface area contributed by atoms with E-state index in [4.69, 9.17) is 9.47 Å². The first kappa shape index (κ1) is 25.6. The summed E-state index contributed by atoms with van der Waals surface area (Å²) in [7, 11) is -2.08. The van der Waals surface area contributed by atoms with Crippen LogP contribution in [-0.4, -0.2) is 56.6 Å². The molecule has 0 unspecified atom stereocenters. The summed E-state index contributed by atoms with van der Waals surface area (Å²) in [5.74, 6) is 0.106. The minimum atomic E-state index is -3.62. The lowest BCUT2D eigenvalue weighted by atomic mass is 9.98. The van der Waals surface area contributed by atoms with Crippen molar-refractivity contribution in [3.8, 4) is 5.75 Å². The molecule has 35 heavy (non-hydrogen) atoms. The number of aromatic nitrogens is 1. The predicted octanol–water partition coefficient (Wildman–Crippen LogP) is 3.58. The van der Waals surface area contributed by atoms with Gasteiger partial charge in [-0.25, -0.2) is 8.42 Å². The maximum Gasteiger partial charge on any atom is 0.251 e. The van der Waals surface area contributed by atoms with Gasteiger partial charge >= 0.3 is 0 Å². The van der Waals surface area contributed by atoms with Crippen LogP contribution in [0.1, 0.15) is 25.3 Å². The van der Waals surface area contributed by atoms with Crippen molar-refractivity contribution < 1.29 is 22.7 Å². The minimum absolute atomic E-state index is 0.195. The number of sulfonamides is 1. The van der Waals surface area contributed by atoms with Crippen LogP contribution in [0.2, 0.25) is 0 Å². The molecule has 8 nitrogen and oxygen atoms in total. The van der Waals surface area contributed by atoms with Crippen LogP contribution in [0.5, 0.6) is 5.75 Å². The minimum Gasteiger partial charge on any atom is -0.497 e. The van der Waals surface area contributed by atoms with Crippen LogP contribution in [0.25, 0.3) is 10.2 Å². The summed E-state index contributed by atoms with van der Waals surface area (Å²) >= 11 is 1.50. The topological polar surface area (TPSA) is 90.2 Å². The summed E-state index contributed by atoms with van der Waals surface area (Å²) in [6.45, 7) is 6.35. The van der Waals surface area contributed by atoms with Gasteiger partial charge in [0, 0.05) is 32.2 Å². The molecule has 0 N–H and O–H groups in total. The van der Waals surface area contributed by atoms with Gasteiger partial charge in [0.15, 0.2) is 4.80 Å². The molecule has 0 atom stereocenters. The van der Waals surface area contributed by atoms with Gasteiger partial charge in [-0.3, -0.25) is 4.79 Å². The van der Waals surface area contributed by atoms with Crippen molar-refractivity contribution in [2.24, 2.45) is 10.9 Å². The molecule has 0 spiro atoms. The molecule has 1 saturated heterocycles. The second-order valence-corrected chi connectivity index (χ2v) is 11.5. The van der Waals surface area contributed by atoms with Gasteiger partial charge in [-0.2, -0.15) is 9.30 Å². The third-order valence-electron chi connectivity index (χ3n) is 6.21. The first-order valence-electron chi connectivity index (χ1n) is 11.7. The number of carbonyl (C=O) groups excluding carboxylic acids is 1. The molecule has 1 aliphatic heterocycles. The van der Waals surface area contributed by atoms with Crippen LogP contribution in [0.15, 0.2) is 52.4 Å². The molecule has 3 aromatic rings. The Morgan fingerprint density at radius 2 is 1.86 bits per heavy atom. The van der Waals surface area contributed by atoms with Crippen LogP contribution in [0.3, 0.4) is 0 Å². The first-order chi connectivity index (χ1) is 16.8. The number of nitrogens with zero attached hydrogens (tertiary/aromatic N) is 3. The average Bonchev–Trinajstić information content (AvgIpc) is 3.20. The molecular formula is C25H31N3O5S2. The molecule has 1 aromatic heterocycles. The zero-order chi connectivity index (χ0) is 25.0. The Morgan fingerprint density at radius 3 is 2.51 bits per heavy atom. The predicted molar refractivity (Wildman–Crippen MR) is 136 cm³/mol. The van der Waals surface area contributed by atoms with E-state index in [2.05, 4.69) is 23.2 Å². The lowest BCUT2D eigenvalue weighted by molar-refractivity contribution is -0.122. The maximum atomic E-state index is 13.1. The van der Waals surface area contributed by atoms with Crippen molar-refractivity contribution >= 4 is 37.5 Å². The fourth-order valence-electron chi connectivity index (χ4n) is 4.21. The average molecular weight is 518 g/mol. The van der Waals surface area contributed by atoms with Crippen molar-refractivity contribution in [3.63, 3.8) is 0 Å². The summed E-state index contributed by atoms with van der Waals surface area (Å²) < 4.78 is 41.2. The van der Waals surface area contributed by atoms with Crippen LogP contribution < -0.4 is 9.54 Å². The second-order valence-electron chi connectivity index (χ2n) is 8.51. The number of aryl methyl sites for hydroxylation is 1. The van der Waals surface area contributed by atoms with Crippen molar-refractivity contribution in [2.45, 2.75) is 38.1 Å². The molecule has 0 saturated carbocycles. The van der Waals surface area contributed by atoms with Crippen LogP contribution in [-0.2, 0) is 26.1 Å². The summed E-state index contributed by atoms with van der Waals surface area (Å²) in [6.07, 6.45) is 0.890. The van der Waals surface area contributed by atoms with Crippen molar-refractivity contribution in [2.75, 3.05) is 33.4 Å². The molecule has 10 heteroatoms. The van der Waals surface area contributed by atoms with Gasteiger partial charge in [0.2, 0.25) is 10.0 Å². The van der Waals surface area contributed by atoms with Gasteiger partial charge < -0.3 is 14.0 Å². The SMILES string of the molecule is CCOCCn1c(=NC(=O)C2CCN(S(=O)(=O)c3ccc(OC)cc3)CC2)sc2cc(C)ccc21. The van der Waals surface area contributed by atoms with Gasteiger partial charge in [-0.05, 0) is 68.7 Å². The van der Waals surface area contributed by atoms with E-state index in [1.54, 1.807) is 24.3 Å². The number of thiazole rings is 1. The van der Waals surface area contributed by atoms with E-state index in [9.17, 15) is 13.2 Å². The summed E-state index contributed by atoms with van der Waals surface area (Å²) in [5, 5.41) is 0. The molecule has 0 radical (unpaired) electrons. The standard InChI is InChI=1S/C25H31N3O5S2/c1-4-33-16-15-28-22-10-5-18(2)17-23(22)34-25(28)26-24(29)19-11-13-27(14-12-19)35(30,31)21-8-6-20(32-3)7-9-21/h5-10,17,19H,4,11-16H2,1-3H3.